The Morgan fingerprint density at radius 2 is 2.03 bits per heavy atom. The molecule has 0 aromatic carbocycles. The number of halogens is 3. The lowest BCUT2D eigenvalue weighted by molar-refractivity contribution is -0.141. The number of aryl methyl sites for hydroxylation is 1. The summed E-state index contributed by atoms with van der Waals surface area (Å²) in [5, 5.41) is 6.21. The molecule has 1 amide bonds. The second-order valence-corrected chi connectivity index (χ2v) is 8.68. The van der Waals surface area contributed by atoms with Gasteiger partial charge in [-0.1, -0.05) is 0 Å². The maximum atomic E-state index is 12.6. The third kappa shape index (κ3) is 4.86. The SMILES string of the molecule is COC(C)[C@H]1C(=O)Nc2c(C)nc(N[C@H]3C[C@@H](COc4ccc(C(F)(F)F)nc4)C3)nc2N1C. The van der Waals surface area contributed by atoms with Crippen molar-refractivity contribution in [2.45, 2.75) is 51.1 Å². The van der Waals surface area contributed by atoms with Gasteiger partial charge in [0.1, 0.15) is 23.2 Å². The second-order valence-electron chi connectivity index (χ2n) is 8.68. The summed E-state index contributed by atoms with van der Waals surface area (Å²) in [6.07, 6.45) is -2.08. The van der Waals surface area contributed by atoms with Crippen LogP contribution in [0, 0.1) is 12.8 Å². The Labute approximate surface area is 195 Å². The van der Waals surface area contributed by atoms with Gasteiger partial charge in [0.15, 0.2) is 5.82 Å². The summed E-state index contributed by atoms with van der Waals surface area (Å²) in [6, 6.07) is 1.83. The molecule has 12 heteroatoms. The van der Waals surface area contributed by atoms with E-state index >= 15 is 0 Å². The summed E-state index contributed by atoms with van der Waals surface area (Å²) >= 11 is 0. The third-order valence-electron chi connectivity index (χ3n) is 6.24. The number of alkyl halides is 3. The molecule has 9 nitrogen and oxygen atoms in total. The van der Waals surface area contributed by atoms with Crippen LogP contribution < -0.4 is 20.3 Å². The Morgan fingerprint density at radius 1 is 1.29 bits per heavy atom. The van der Waals surface area contributed by atoms with E-state index in [1.807, 2.05) is 13.8 Å². The fourth-order valence-electron chi connectivity index (χ4n) is 4.21. The van der Waals surface area contributed by atoms with Crippen LogP contribution in [-0.4, -0.2) is 59.8 Å². The number of carbonyl (C=O) groups is 1. The first-order chi connectivity index (χ1) is 16.1. The van der Waals surface area contributed by atoms with Gasteiger partial charge in [0.05, 0.1) is 24.6 Å². The van der Waals surface area contributed by atoms with Crippen LogP contribution in [0.25, 0.3) is 0 Å². The predicted molar refractivity (Wildman–Crippen MR) is 119 cm³/mol. The van der Waals surface area contributed by atoms with Crippen molar-refractivity contribution < 1.29 is 27.4 Å². The molecule has 0 spiro atoms. The second kappa shape index (κ2) is 9.24. The molecule has 0 radical (unpaired) electrons. The number of aromatic nitrogens is 3. The molecule has 3 heterocycles. The van der Waals surface area contributed by atoms with E-state index < -0.39 is 17.9 Å². The summed E-state index contributed by atoms with van der Waals surface area (Å²) in [7, 11) is 3.37. The summed E-state index contributed by atoms with van der Waals surface area (Å²) in [6.45, 7) is 4.03. The average molecular weight is 480 g/mol. The molecule has 1 aliphatic carbocycles. The number of hydrogen-bond acceptors (Lipinski definition) is 8. The molecule has 1 aliphatic heterocycles. The number of nitrogens with zero attached hydrogens (tertiary/aromatic N) is 4. The lowest BCUT2D eigenvalue weighted by atomic mass is 9.81. The molecule has 4 rings (SSSR count). The van der Waals surface area contributed by atoms with E-state index in [2.05, 4.69) is 25.6 Å². The molecule has 2 aromatic rings. The highest BCUT2D eigenvalue weighted by molar-refractivity contribution is 6.03. The van der Waals surface area contributed by atoms with Crippen LogP contribution in [0.2, 0.25) is 0 Å². The number of pyridine rings is 1. The van der Waals surface area contributed by atoms with E-state index in [0.717, 1.165) is 25.1 Å². The quantitative estimate of drug-likeness (QED) is 0.623. The van der Waals surface area contributed by atoms with Gasteiger partial charge in [-0.05, 0) is 44.7 Å². The van der Waals surface area contributed by atoms with Crippen molar-refractivity contribution in [2.24, 2.45) is 5.92 Å². The van der Waals surface area contributed by atoms with Crippen LogP contribution in [0.5, 0.6) is 5.75 Å². The Kier molecular flexibility index (Phi) is 6.52. The molecule has 2 atom stereocenters. The maximum Gasteiger partial charge on any atom is 0.433 e. The van der Waals surface area contributed by atoms with Crippen LogP contribution in [-0.2, 0) is 15.7 Å². The van der Waals surface area contributed by atoms with Gasteiger partial charge < -0.3 is 25.0 Å². The van der Waals surface area contributed by atoms with E-state index in [-0.39, 0.29) is 24.0 Å². The zero-order valence-corrected chi connectivity index (χ0v) is 19.3. The topological polar surface area (TPSA) is 102 Å². The zero-order valence-electron chi connectivity index (χ0n) is 19.3. The van der Waals surface area contributed by atoms with E-state index in [1.165, 1.54) is 6.07 Å². The van der Waals surface area contributed by atoms with Crippen molar-refractivity contribution in [1.82, 2.24) is 15.0 Å². The normalized spacial score (nSPS) is 23.0. The minimum Gasteiger partial charge on any atom is -0.492 e. The molecule has 1 saturated carbocycles. The van der Waals surface area contributed by atoms with Crippen molar-refractivity contribution >= 4 is 23.4 Å². The molecular formula is C22H27F3N6O3. The van der Waals surface area contributed by atoms with Gasteiger partial charge in [0.25, 0.3) is 0 Å². The first-order valence-corrected chi connectivity index (χ1v) is 10.9. The minimum atomic E-state index is -4.47. The molecule has 1 unspecified atom stereocenters. The van der Waals surface area contributed by atoms with Gasteiger partial charge >= 0.3 is 6.18 Å². The number of methoxy groups -OCH3 is 1. The van der Waals surface area contributed by atoms with Crippen molar-refractivity contribution in [2.75, 3.05) is 36.3 Å². The number of hydrogen-bond donors (Lipinski definition) is 2. The number of likely N-dealkylation sites (N-methyl/N-ethyl adjacent to an activating group) is 1. The molecule has 34 heavy (non-hydrogen) atoms. The highest BCUT2D eigenvalue weighted by Crippen LogP contribution is 2.35. The van der Waals surface area contributed by atoms with Crippen LogP contribution in [0.15, 0.2) is 18.3 Å². The number of nitrogens with one attached hydrogen (secondary N) is 2. The van der Waals surface area contributed by atoms with Gasteiger partial charge in [-0.2, -0.15) is 18.2 Å². The number of anilines is 3. The zero-order chi connectivity index (χ0) is 24.6. The monoisotopic (exact) mass is 480 g/mol. The van der Waals surface area contributed by atoms with Crippen LogP contribution in [0.3, 0.4) is 0 Å². The minimum absolute atomic E-state index is 0.147. The third-order valence-corrected chi connectivity index (χ3v) is 6.24. The Bertz CT molecular complexity index is 1040. The van der Waals surface area contributed by atoms with Gasteiger partial charge in [-0.25, -0.2) is 9.97 Å². The first-order valence-electron chi connectivity index (χ1n) is 10.9. The van der Waals surface area contributed by atoms with Crippen molar-refractivity contribution in [3.8, 4) is 5.75 Å². The predicted octanol–water partition coefficient (Wildman–Crippen LogP) is 3.26. The Hall–Kier alpha value is -3.15. The molecule has 2 aromatic heterocycles. The summed E-state index contributed by atoms with van der Waals surface area (Å²) in [4.78, 5) is 26.8. The van der Waals surface area contributed by atoms with Gasteiger partial charge in [-0.15, -0.1) is 0 Å². The summed E-state index contributed by atoms with van der Waals surface area (Å²) < 4.78 is 48.7. The molecular weight excluding hydrogens is 453 g/mol. The Balaban J connectivity index is 1.32. The standard InChI is InChI=1S/C22H27F3N6O3/c1-11-17-19(31(3)18(12(2)33-4)20(32)29-17)30-21(27-11)28-14-7-13(8-14)10-34-15-5-6-16(26-9-15)22(23,24)25/h5-6,9,12-14,18H,7-8,10H2,1-4H3,(H,29,32)(H,27,28,30)/t12?,13-,14+,18-/m0/s1. The van der Waals surface area contributed by atoms with Gasteiger partial charge in [-0.3, -0.25) is 4.79 Å². The molecule has 2 aliphatic rings. The highest BCUT2D eigenvalue weighted by atomic mass is 19.4. The fraction of sp³-hybridized carbons (Fsp3) is 0.545. The van der Waals surface area contributed by atoms with Crippen molar-refractivity contribution in [1.29, 1.82) is 0 Å². The van der Waals surface area contributed by atoms with Gasteiger partial charge in [0.2, 0.25) is 11.9 Å². The summed E-state index contributed by atoms with van der Waals surface area (Å²) in [5.41, 5.74) is 0.300. The fourth-order valence-corrected chi connectivity index (χ4v) is 4.21. The molecule has 0 bridgehead atoms. The van der Waals surface area contributed by atoms with Gasteiger partial charge in [0, 0.05) is 20.2 Å². The van der Waals surface area contributed by atoms with E-state index in [1.54, 1.807) is 19.1 Å². The lowest BCUT2D eigenvalue weighted by Gasteiger charge is -2.38. The van der Waals surface area contributed by atoms with E-state index in [0.29, 0.717) is 35.5 Å². The van der Waals surface area contributed by atoms with Crippen LogP contribution in [0.1, 0.15) is 31.2 Å². The highest BCUT2D eigenvalue weighted by Gasteiger charge is 2.38. The molecule has 1 fully saturated rings. The molecule has 184 valence electrons. The number of carbonyl (C=O) groups excluding carboxylic acids is 1. The first kappa shape index (κ1) is 24.0. The van der Waals surface area contributed by atoms with Crippen molar-refractivity contribution in [3.05, 3.63) is 29.7 Å². The van der Waals surface area contributed by atoms with Crippen LogP contribution in [0.4, 0.5) is 30.6 Å². The molecule has 0 saturated heterocycles. The van der Waals surface area contributed by atoms with Crippen molar-refractivity contribution in [3.63, 3.8) is 0 Å². The van der Waals surface area contributed by atoms with E-state index in [9.17, 15) is 18.0 Å². The number of fused-ring (bicyclic) bond motifs is 1. The number of rotatable bonds is 7. The van der Waals surface area contributed by atoms with Crippen LogP contribution >= 0.6 is 0 Å². The number of ether oxygens (including phenoxy) is 2. The largest absolute Gasteiger partial charge is 0.492 e. The smallest absolute Gasteiger partial charge is 0.433 e. The Morgan fingerprint density at radius 3 is 2.65 bits per heavy atom. The summed E-state index contributed by atoms with van der Waals surface area (Å²) in [5.74, 6) is 1.49. The number of amides is 1. The molecule has 2 N–H and O–H groups in total. The average Bonchev–Trinajstić information content (AvgIpc) is 2.75. The maximum absolute atomic E-state index is 12.6. The van der Waals surface area contributed by atoms with E-state index in [4.69, 9.17) is 9.47 Å². The lowest BCUT2D eigenvalue weighted by Crippen LogP contribution is -2.53.